The summed E-state index contributed by atoms with van der Waals surface area (Å²) in [5.41, 5.74) is 0.971. The Labute approximate surface area is 158 Å². The summed E-state index contributed by atoms with van der Waals surface area (Å²) in [5, 5.41) is 8.81. The first kappa shape index (κ1) is 18.3. The zero-order valence-electron chi connectivity index (χ0n) is 13.5. The van der Waals surface area contributed by atoms with Crippen LogP contribution in [0, 0.1) is 0 Å². The lowest BCUT2D eigenvalue weighted by atomic mass is 10.1. The highest BCUT2D eigenvalue weighted by atomic mass is 127. The molecule has 0 radical (unpaired) electrons. The lowest BCUT2D eigenvalue weighted by Crippen LogP contribution is -2.36. The fourth-order valence-electron chi connectivity index (χ4n) is 2.39. The number of pyridine rings is 1. The monoisotopic (exact) mass is 436 g/mol. The average Bonchev–Trinajstić information content (AvgIpc) is 3.11. The van der Waals surface area contributed by atoms with Crippen molar-refractivity contribution in [3.63, 3.8) is 0 Å². The Balaban J connectivity index is 0.00000208. The third-order valence-electron chi connectivity index (χ3n) is 3.50. The molecular weight excluding hydrogens is 415 g/mol. The summed E-state index contributed by atoms with van der Waals surface area (Å²) in [5.74, 6) is 1.62. The Morgan fingerprint density at radius 2 is 2.00 bits per heavy atom. The molecule has 3 rings (SSSR count). The molecule has 24 heavy (non-hydrogen) atoms. The number of nitrogens with zero attached hydrogens (tertiary/aromatic N) is 2. The van der Waals surface area contributed by atoms with E-state index in [4.69, 9.17) is 4.42 Å². The summed E-state index contributed by atoms with van der Waals surface area (Å²) in [4.78, 5) is 9.09. The molecular formula is C18H21IN4O. The Kier molecular flexibility index (Phi) is 7.05. The van der Waals surface area contributed by atoms with Gasteiger partial charge in [-0.2, -0.15) is 0 Å². The maximum absolute atomic E-state index is 5.32. The molecule has 1 aromatic carbocycles. The van der Waals surface area contributed by atoms with Crippen LogP contribution in [-0.4, -0.2) is 17.5 Å². The molecule has 0 aliphatic heterocycles. The van der Waals surface area contributed by atoms with E-state index in [1.807, 2.05) is 43.5 Å². The number of rotatable bonds is 5. The Morgan fingerprint density at radius 1 is 1.12 bits per heavy atom. The molecule has 0 saturated carbocycles. The Bertz CT molecular complexity index is 781. The van der Waals surface area contributed by atoms with Crippen molar-refractivity contribution in [3.8, 4) is 0 Å². The van der Waals surface area contributed by atoms with E-state index in [0.717, 1.165) is 29.3 Å². The minimum Gasteiger partial charge on any atom is -0.467 e. The molecule has 0 spiro atoms. The first-order valence-electron chi connectivity index (χ1n) is 7.74. The van der Waals surface area contributed by atoms with Crippen LogP contribution in [0.3, 0.4) is 0 Å². The number of fused-ring (bicyclic) bond motifs is 1. The zero-order chi connectivity index (χ0) is 15.9. The van der Waals surface area contributed by atoms with Gasteiger partial charge in [0.25, 0.3) is 0 Å². The summed E-state index contributed by atoms with van der Waals surface area (Å²) < 4.78 is 5.32. The summed E-state index contributed by atoms with van der Waals surface area (Å²) in [6.07, 6.45) is 3.50. The highest BCUT2D eigenvalue weighted by Gasteiger charge is 2.03. The normalized spacial score (nSPS) is 11.1. The number of guanidine groups is 1. The number of hydrogen-bond acceptors (Lipinski definition) is 3. The summed E-state index contributed by atoms with van der Waals surface area (Å²) >= 11 is 0. The van der Waals surface area contributed by atoms with Gasteiger partial charge in [0.2, 0.25) is 0 Å². The fourth-order valence-corrected chi connectivity index (χ4v) is 2.39. The van der Waals surface area contributed by atoms with Crippen LogP contribution in [0.1, 0.15) is 18.4 Å². The van der Waals surface area contributed by atoms with Crippen LogP contribution in [0.15, 0.2) is 64.3 Å². The minimum atomic E-state index is 0. The maximum atomic E-state index is 5.32. The smallest absolute Gasteiger partial charge is 0.192 e. The molecule has 0 aliphatic carbocycles. The van der Waals surface area contributed by atoms with E-state index in [0.29, 0.717) is 13.1 Å². The molecule has 0 bridgehead atoms. The van der Waals surface area contributed by atoms with Gasteiger partial charge in [0, 0.05) is 18.1 Å². The van der Waals surface area contributed by atoms with E-state index < -0.39 is 0 Å². The van der Waals surface area contributed by atoms with Crippen molar-refractivity contribution in [2.24, 2.45) is 4.99 Å². The van der Waals surface area contributed by atoms with Crippen LogP contribution in [0.2, 0.25) is 0 Å². The molecule has 0 fully saturated rings. The number of hydrogen-bond donors (Lipinski definition) is 2. The number of furan rings is 1. The van der Waals surface area contributed by atoms with Crippen molar-refractivity contribution in [1.82, 2.24) is 15.6 Å². The van der Waals surface area contributed by atoms with Crippen molar-refractivity contribution in [1.29, 1.82) is 0 Å². The molecule has 5 nitrogen and oxygen atoms in total. The molecule has 2 aromatic heterocycles. The number of aromatic nitrogens is 1. The van der Waals surface area contributed by atoms with Crippen molar-refractivity contribution in [2.45, 2.75) is 20.0 Å². The summed E-state index contributed by atoms with van der Waals surface area (Å²) in [6.45, 7) is 3.96. The molecule has 126 valence electrons. The first-order valence-corrected chi connectivity index (χ1v) is 7.74. The lowest BCUT2D eigenvalue weighted by Gasteiger charge is -2.10. The second-order valence-corrected chi connectivity index (χ2v) is 5.11. The molecule has 3 aromatic rings. The topological polar surface area (TPSA) is 62.5 Å². The molecule has 0 amide bonds. The second-order valence-electron chi connectivity index (χ2n) is 5.11. The number of benzene rings is 1. The van der Waals surface area contributed by atoms with Crippen LogP contribution in [0.4, 0.5) is 0 Å². The maximum Gasteiger partial charge on any atom is 0.192 e. The van der Waals surface area contributed by atoms with E-state index in [1.54, 1.807) is 6.26 Å². The SMILES string of the molecule is CCNC(=NCc1nccc2ccccc12)NCc1ccco1.I. The highest BCUT2D eigenvalue weighted by Crippen LogP contribution is 2.16. The van der Waals surface area contributed by atoms with Gasteiger partial charge < -0.3 is 15.1 Å². The molecule has 6 heteroatoms. The highest BCUT2D eigenvalue weighted by molar-refractivity contribution is 14.0. The molecule has 2 N–H and O–H groups in total. The third-order valence-corrected chi connectivity index (χ3v) is 3.50. The van der Waals surface area contributed by atoms with Gasteiger partial charge in [-0.1, -0.05) is 24.3 Å². The minimum absolute atomic E-state index is 0. The van der Waals surface area contributed by atoms with Gasteiger partial charge in [-0.05, 0) is 30.5 Å². The average molecular weight is 436 g/mol. The summed E-state index contributed by atoms with van der Waals surface area (Å²) in [7, 11) is 0. The molecule has 0 unspecified atom stereocenters. The van der Waals surface area contributed by atoms with Crippen molar-refractivity contribution in [3.05, 3.63) is 66.4 Å². The van der Waals surface area contributed by atoms with Crippen molar-refractivity contribution in [2.75, 3.05) is 6.54 Å². The van der Waals surface area contributed by atoms with Gasteiger partial charge in [0.1, 0.15) is 5.76 Å². The predicted octanol–water partition coefficient (Wildman–Crippen LogP) is 3.70. The Hall–Kier alpha value is -2.09. The van der Waals surface area contributed by atoms with E-state index in [1.165, 1.54) is 5.39 Å². The van der Waals surface area contributed by atoms with E-state index >= 15 is 0 Å². The zero-order valence-corrected chi connectivity index (χ0v) is 15.9. The predicted molar refractivity (Wildman–Crippen MR) is 108 cm³/mol. The quantitative estimate of drug-likeness (QED) is 0.364. The number of nitrogens with one attached hydrogen (secondary N) is 2. The molecule has 2 heterocycles. The summed E-state index contributed by atoms with van der Waals surface area (Å²) in [6, 6.07) is 14.1. The van der Waals surface area contributed by atoms with Gasteiger partial charge in [-0.25, -0.2) is 4.99 Å². The number of halogens is 1. The van der Waals surface area contributed by atoms with Gasteiger partial charge in [-0.15, -0.1) is 24.0 Å². The van der Waals surface area contributed by atoms with Crippen LogP contribution >= 0.6 is 24.0 Å². The van der Waals surface area contributed by atoms with Gasteiger partial charge in [0.15, 0.2) is 5.96 Å². The van der Waals surface area contributed by atoms with Crippen LogP contribution in [-0.2, 0) is 13.1 Å². The number of aliphatic imine (C=N–C) groups is 1. The van der Waals surface area contributed by atoms with Gasteiger partial charge >= 0.3 is 0 Å². The second kappa shape index (κ2) is 9.27. The first-order chi connectivity index (χ1) is 11.4. The van der Waals surface area contributed by atoms with Crippen molar-refractivity contribution >= 4 is 40.7 Å². The van der Waals surface area contributed by atoms with E-state index in [9.17, 15) is 0 Å². The van der Waals surface area contributed by atoms with E-state index in [-0.39, 0.29) is 24.0 Å². The van der Waals surface area contributed by atoms with Crippen LogP contribution in [0.5, 0.6) is 0 Å². The standard InChI is InChI=1S/C18H20N4O.HI/c1-2-19-18(21-12-15-7-5-11-23-15)22-13-17-16-8-4-3-6-14(16)9-10-20-17;/h3-11H,2,12-13H2,1H3,(H2,19,21,22);1H. The largest absolute Gasteiger partial charge is 0.467 e. The third kappa shape index (κ3) is 4.70. The van der Waals surface area contributed by atoms with Gasteiger partial charge in [0.05, 0.1) is 25.0 Å². The van der Waals surface area contributed by atoms with Crippen LogP contribution < -0.4 is 10.6 Å². The van der Waals surface area contributed by atoms with Crippen LogP contribution in [0.25, 0.3) is 10.8 Å². The molecule has 0 atom stereocenters. The molecule has 0 aliphatic rings. The van der Waals surface area contributed by atoms with Gasteiger partial charge in [-0.3, -0.25) is 4.98 Å². The van der Waals surface area contributed by atoms with E-state index in [2.05, 4.69) is 32.7 Å². The fraction of sp³-hybridized carbons (Fsp3) is 0.222. The molecule has 0 saturated heterocycles. The lowest BCUT2D eigenvalue weighted by molar-refractivity contribution is 0.501. The van der Waals surface area contributed by atoms with Crippen molar-refractivity contribution < 1.29 is 4.42 Å². The Morgan fingerprint density at radius 3 is 2.79 bits per heavy atom.